The van der Waals surface area contributed by atoms with Gasteiger partial charge in [0.05, 0.1) is 5.56 Å². The lowest BCUT2D eigenvalue weighted by Crippen LogP contribution is -2.14. The molecular weight excluding hydrogens is 215 g/mol. The molecule has 0 atom stereocenters. The highest BCUT2D eigenvalue weighted by Crippen LogP contribution is 2.51. The molecule has 0 aliphatic heterocycles. The first kappa shape index (κ1) is 11.5. The first-order chi connectivity index (χ1) is 7.48. The van der Waals surface area contributed by atoms with Crippen molar-refractivity contribution < 1.29 is 13.2 Å². The zero-order valence-electron chi connectivity index (χ0n) is 8.85. The molecule has 1 aromatic rings. The Morgan fingerprint density at radius 2 is 1.94 bits per heavy atom. The summed E-state index contributed by atoms with van der Waals surface area (Å²) in [5, 5.41) is 0. The molecule has 0 unspecified atom stereocenters. The van der Waals surface area contributed by atoms with E-state index in [2.05, 4.69) is 0 Å². The largest absolute Gasteiger partial charge is 0.416 e. The predicted octanol–water partition coefficient (Wildman–Crippen LogP) is 3.09. The number of rotatable bonds is 3. The normalized spacial score (nSPS) is 18.5. The SMILES string of the molecule is NCCC1(c2cccc(C(F)(F)F)c2)CC1. The molecule has 1 aromatic carbocycles. The Kier molecular flexibility index (Phi) is 2.70. The van der Waals surface area contributed by atoms with Crippen LogP contribution in [-0.2, 0) is 11.6 Å². The second-order valence-corrected chi connectivity index (χ2v) is 4.40. The molecular formula is C12H14F3N. The van der Waals surface area contributed by atoms with Crippen LogP contribution in [-0.4, -0.2) is 6.54 Å². The Labute approximate surface area is 92.5 Å². The van der Waals surface area contributed by atoms with Crippen molar-refractivity contribution in [1.82, 2.24) is 0 Å². The predicted molar refractivity (Wildman–Crippen MR) is 56.0 cm³/mol. The van der Waals surface area contributed by atoms with Crippen molar-refractivity contribution in [2.75, 3.05) is 6.54 Å². The van der Waals surface area contributed by atoms with E-state index in [4.69, 9.17) is 5.73 Å². The van der Waals surface area contributed by atoms with E-state index < -0.39 is 11.7 Å². The van der Waals surface area contributed by atoms with Gasteiger partial charge < -0.3 is 5.73 Å². The van der Waals surface area contributed by atoms with Crippen molar-refractivity contribution in [3.8, 4) is 0 Å². The summed E-state index contributed by atoms with van der Waals surface area (Å²) in [7, 11) is 0. The van der Waals surface area contributed by atoms with Gasteiger partial charge in [0.15, 0.2) is 0 Å². The molecule has 16 heavy (non-hydrogen) atoms. The van der Waals surface area contributed by atoms with Crippen LogP contribution in [0.25, 0.3) is 0 Å². The number of hydrogen-bond acceptors (Lipinski definition) is 1. The van der Waals surface area contributed by atoms with Crippen LogP contribution in [0.5, 0.6) is 0 Å². The van der Waals surface area contributed by atoms with E-state index in [0.717, 1.165) is 30.9 Å². The minimum Gasteiger partial charge on any atom is -0.330 e. The number of benzene rings is 1. The Morgan fingerprint density at radius 1 is 1.25 bits per heavy atom. The molecule has 0 spiro atoms. The fraction of sp³-hybridized carbons (Fsp3) is 0.500. The lowest BCUT2D eigenvalue weighted by Gasteiger charge is -2.16. The topological polar surface area (TPSA) is 26.0 Å². The van der Waals surface area contributed by atoms with Crippen LogP contribution in [0, 0.1) is 0 Å². The van der Waals surface area contributed by atoms with Crippen molar-refractivity contribution in [1.29, 1.82) is 0 Å². The van der Waals surface area contributed by atoms with Gasteiger partial charge in [0.2, 0.25) is 0 Å². The van der Waals surface area contributed by atoms with Crippen molar-refractivity contribution in [2.45, 2.75) is 30.9 Å². The van der Waals surface area contributed by atoms with Crippen LogP contribution < -0.4 is 5.73 Å². The van der Waals surface area contributed by atoms with Gasteiger partial charge in [-0.05, 0) is 42.9 Å². The summed E-state index contributed by atoms with van der Waals surface area (Å²) in [6.07, 6.45) is -1.58. The smallest absolute Gasteiger partial charge is 0.330 e. The molecule has 4 heteroatoms. The molecule has 1 aliphatic carbocycles. The Balaban J connectivity index is 2.30. The van der Waals surface area contributed by atoms with E-state index in [1.54, 1.807) is 6.07 Å². The molecule has 1 nitrogen and oxygen atoms in total. The molecule has 0 radical (unpaired) electrons. The summed E-state index contributed by atoms with van der Waals surface area (Å²) in [6.45, 7) is 0.524. The Morgan fingerprint density at radius 3 is 2.44 bits per heavy atom. The number of halogens is 3. The Hall–Kier alpha value is -1.03. The van der Waals surface area contributed by atoms with Crippen molar-refractivity contribution in [2.24, 2.45) is 5.73 Å². The Bertz CT molecular complexity index is 380. The monoisotopic (exact) mass is 229 g/mol. The molecule has 0 amide bonds. The third kappa shape index (κ3) is 2.07. The number of nitrogens with two attached hydrogens (primary N) is 1. The fourth-order valence-electron chi connectivity index (χ4n) is 2.14. The minimum atomic E-state index is -4.26. The van der Waals surface area contributed by atoms with Gasteiger partial charge in [-0.3, -0.25) is 0 Å². The zero-order chi connectivity index (χ0) is 11.8. The summed E-state index contributed by atoms with van der Waals surface area (Å²) < 4.78 is 37.6. The first-order valence-electron chi connectivity index (χ1n) is 5.36. The molecule has 0 aromatic heterocycles. The average molecular weight is 229 g/mol. The third-order valence-electron chi connectivity index (χ3n) is 3.28. The highest BCUT2D eigenvalue weighted by atomic mass is 19.4. The van der Waals surface area contributed by atoms with E-state index in [1.807, 2.05) is 0 Å². The van der Waals surface area contributed by atoms with Crippen LogP contribution in [0.2, 0.25) is 0 Å². The maximum atomic E-state index is 12.5. The van der Waals surface area contributed by atoms with Gasteiger partial charge in [-0.2, -0.15) is 13.2 Å². The highest BCUT2D eigenvalue weighted by molar-refractivity contribution is 5.35. The van der Waals surface area contributed by atoms with E-state index in [-0.39, 0.29) is 5.41 Å². The third-order valence-corrected chi connectivity index (χ3v) is 3.28. The molecule has 1 saturated carbocycles. The summed E-state index contributed by atoms with van der Waals surface area (Å²) in [5.74, 6) is 0. The average Bonchev–Trinajstić information content (AvgIpc) is 2.99. The lowest BCUT2D eigenvalue weighted by atomic mass is 9.91. The lowest BCUT2D eigenvalue weighted by molar-refractivity contribution is -0.137. The quantitative estimate of drug-likeness (QED) is 0.846. The second-order valence-electron chi connectivity index (χ2n) is 4.40. The van der Waals surface area contributed by atoms with Gasteiger partial charge in [-0.1, -0.05) is 18.2 Å². The highest BCUT2D eigenvalue weighted by Gasteiger charge is 2.44. The van der Waals surface area contributed by atoms with Gasteiger partial charge in [0.25, 0.3) is 0 Å². The van der Waals surface area contributed by atoms with Crippen molar-refractivity contribution in [3.05, 3.63) is 35.4 Å². The first-order valence-corrected chi connectivity index (χ1v) is 5.36. The molecule has 0 saturated heterocycles. The van der Waals surface area contributed by atoms with Gasteiger partial charge in [-0.25, -0.2) is 0 Å². The molecule has 2 N–H and O–H groups in total. The fourth-order valence-corrected chi connectivity index (χ4v) is 2.14. The van der Waals surface area contributed by atoms with Crippen molar-refractivity contribution >= 4 is 0 Å². The van der Waals surface area contributed by atoms with E-state index in [0.29, 0.717) is 6.54 Å². The molecule has 1 fully saturated rings. The van der Waals surface area contributed by atoms with E-state index >= 15 is 0 Å². The molecule has 1 aliphatic rings. The minimum absolute atomic E-state index is 0.0734. The van der Waals surface area contributed by atoms with Crippen LogP contribution >= 0.6 is 0 Å². The second kappa shape index (κ2) is 3.77. The van der Waals surface area contributed by atoms with E-state index in [1.165, 1.54) is 12.1 Å². The number of alkyl halides is 3. The van der Waals surface area contributed by atoms with Crippen LogP contribution in [0.1, 0.15) is 30.4 Å². The van der Waals surface area contributed by atoms with Gasteiger partial charge >= 0.3 is 6.18 Å². The summed E-state index contributed by atoms with van der Waals surface area (Å²) >= 11 is 0. The summed E-state index contributed by atoms with van der Waals surface area (Å²) in [6, 6.07) is 5.64. The van der Waals surface area contributed by atoms with Crippen LogP contribution in [0.3, 0.4) is 0 Å². The van der Waals surface area contributed by atoms with Crippen molar-refractivity contribution in [3.63, 3.8) is 0 Å². The van der Waals surface area contributed by atoms with E-state index in [9.17, 15) is 13.2 Å². The van der Waals surface area contributed by atoms with Gasteiger partial charge in [-0.15, -0.1) is 0 Å². The van der Waals surface area contributed by atoms with Crippen LogP contribution in [0.15, 0.2) is 24.3 Å². The van der Waals surface area contributed by atoms with Gasteiger partial charge in [0, 0.05) is 0 Å². The molecule has 0 bridgehead atoms. The maximum absolute atomic E-state index is 12.5. The summed E-state index contributed by atoms with van der Waals surface area (Å²) in [4.78, 5) is 0. The van der Waals surface area contributed by atoms with Gasteiger partial charge in [0.1, 0.15) is 0 Å². The summed E-state index contributed by atoms with van der Waals surface area (Å²) in [5.41, 5.74) is 5.64. The molecule has 88 valence electrons. The maximum Gasteiger partial charge on any atom is 0.416 e. The van der Waals surface area contributed by atoms with Crippen LogP contribution in [0.4, 0.5) is 13.2 Å². The number of hydrogen-bond donors (Lipinski definition) is 1. The molecule has 0 heterocycles. The zero-order valence-corrected chi connectivity index (χ0v) is 8.85. The standard InChI is InChI=1S/C12H14F3N/c13-12(14,15)10-3-1-2-9(8-10)11(4-5-11)6-7-16/h1-3,8H,4-7,16H2. The molecule has 2 rings (SSSR count).